The first-order valence-corrected chi connectivity index (χ1v) is 17.2. The van der Waals surface area contributed by atoms with Crippen LogP contribution in [0.2, 0.25) is 5.02 Å². The van der Waals surface area contributed by atoms with Crippen LogP contribution in [0.5, 0.6) is 11.5 Å². The lowest BCUT2D eigenvalue weighted by Crippen LogP contribution is -2.56. The number of nitrogens with zero attached hydrogens (tertiary/aromatic N) is 2. The number of hydrogen-bond donors (Lipinski definition) is 1. The van der Waals surface area contributed by atoms with Crippen LogP contribution in [0, 0.1) is 5.82 Å². The molecule has 4 aromatic rings. The van der Waals surface area contributed by atoms with Gasteiger partial charge in [-0.15, -0.1) is 0 Å². The molecule has 0 fully saturated rings. The van der Waals surface area contributed by atoms with Crippen molar-refractivity contribution in [2.75, 3.05) is 24.1 Å². The van der Waals surface area contributed by atoms with Gasteiger partial charge in [-0.05, 0) is 80.4 Å². The summed E-state index contributed by atoms with van der Waals surface area (Å²) in [5, 5.41) is 3.43. The summed E-state index contributed by atoms with van der Waals surface area (Å²) >= 11 is 6.30. The number of fused-ring (bicyclic) bond motifs is 1. The topological polar surface area (TPSA) is 105 Å². The fourth-order valence-corrected chi connectivity index (χ4v) is 6.93. The Bertz CT molecular complexity index is 1870. The second kappa shape index (κ2) is 14.7. The first kappa shape index (κ1) is 34.7. The largest absolute Gasteiger partial charge is 0.486 e. The van der Waals surface area contributed by atoms with Gasteiger partial charge in [0.25, 0.3) is 10.0 Å². The average molecular weight is 694 g/mol. The van der Waals surface area contributed by atoms with E-state index < -0.39 is 45.8 Å². The molecule has 9 nitrogen and oxygen atoms in total. The minimum Gasteiger partial charge on any atom is -0.486 e. The number of ether oxygens (including phenoxy) is 2. The Kier molecular flexibility index (Phi) is 10.6. The van der Waals surface area contributed by atoms with E-state index >= 15 is 0 Å². The molecule has 0 saturated heterocycles. The third-order valence-electron chi connectivity index (χ3n) is 7.51. The Morgan fingerprint density at radius 2 is 1.54 bits per heavy atom. The number of carbonyl (C=O) groups excluding carboxylic acids is 2. The highest BCUT2D eigenvalue weighted by Gasteiger charge is 2.36. The fourth-order valence-electron chi connectivity index (χ4n) is 5.29. The molecule has 0 spiro atoms. The minimum atomic E-state index is -4.44. The van der Waals surface area contributed by atoms with Crippen LogP contribution in [-0.2, 0) is 32.6 Å². The lowest BCUT2D eigenvalue weighted by Gasteiger charge is -2.35. The molecule has 1 unspecified atom stereocenters. The molecule has 4 aromatic carbocycles. The van der Waals surface area contributed by atoms with Crippen LogP contribution in [0.4, 0.5) is 10.1 Å². The van der Waals surface area contributed by atoms with Crippen LogP contribution >= 0.6 is 11.6 Å². The summed E-state index contributed by atoms with van der Waals surface area (Å²) in [5.41, 5.74) is 0.870. The van der Waals surface area contributed by atoms with Crippen LogP contribution in [0.15, 0.2) is 102 Å². The van der Waals surface area contributed by atoms with Crippen LogP contribution < -0.4 is 19.1 Å². The second-order valence-corrected chi connectivity index (χ2v) is 14.7. The predicted octanol–water partition coefficient (Wildman–Crippen LogP) is 6.00. The zero-order valence-electron chi connectivity index (χ0n) is 26.9. The maximum Gasteiger partial charge on any atom is 0.264 e. The molecule has 0 aliphatic carbocycles. The molecule has 0 saturated carbocycles. The maximum absolute atomic E-state index is 14.6. The molecule has 2 amide bonds. The number of amides is 2. The Morgan fingerprint density at radius 3 is 2.21 bits per heavy atom. The number of nitrogens with one attached hydrogen (secondary N) is 1. The zero-order valence-corrected chi connectivity index (χ0v) is 28.4. The van der Waals surface area contributed by atoms with E-state index in [1.165, 1.54) is 35.2 Å². The third-order valence-corrected chi connectivity index (χ3v) is 9.51. The Hall–Kier alpha value is -4.61. The van der Waals surface area contributed by atoms with E-state index in [1.807, 2.05) is 51.1 Å². The van der Waals surface area contributed by atoms with Gasteiger partial charge in [0, 0.05) is 29.6 Å². The molecular formula is C36H37ClFN3O6S. The molecule has 0 radical (unpaired) electrons. The van der Waals surface area contributed by atoms with Gasteiger partial charge in [-0.2, -0.15) is 0 Å². The van der Waals surface area contributed by atoms with Crippen LogP contribution in [0.1, 0.15) is 31.9 Å². The van der Waals surface area contributed by atoms with Gasteiger partial charge in [0.15, 0.2) is 11.5 Å². The summed E-state index contributed by atoms with van der Waals surface area (Å²) in [7, 11) is -4.44. The standard InChI is InChI=1S/C36H37ClFN3O6S/c1-36(2,3)39-35(43)31(21-25-8-5-4-6-9-25)40(23-26-10-7-11-27(37)20-26)34(42)24-41(29-14-12-28(38)13-15-29)48(44,45)30-16-17-32-33(22-30)47-19-18-46-32/h4-17,20,22,31H,18-19,21,23-24H2,1-3H3,(H,39,43). The van der Waals surface area contributed by atoms with Crippen molar-refractivity contribution in [3.8, 4) is 11.5 Å². The Morgan fingerprint density at radius 1 is 0.875 bits per heavy atom. The molecule has 1 atom stereocenters. The van der Waals surface area contributed by atoms with Crippen molar-refractivity contribution < 1.29 is 31.9 Å². The molecule has 0 aromatic heterocycles. The lowest BCUT2D eigenvalue weighted by molar-refractivity contribution is -0.140. The molecule has 1 aliphatic heterocycles. The molecule has 12 heteroatoms. The molecule has 1 aliphatic rings. The van der Waals surface area contributed by atoms with Crippen LogP contribution in [0.3, 0.4) is 0 Å². The van der Waals surface area contributed by atoms with Crippen molar-refractivity contribution in [2.45, 2.75) is 50.2 Å². The van der Waals surface area contributed by atoms with Crippen molar-refractivity contribution in [1.29, 1.82) is 0 Å². The summed E-state index contributed by atoms with van der Waals surface area (Å²) in [5.74, 6) is -1.01. The summed E-state index contributed by atoms with van der Waals surface area (Å²) in [6, 6.07) is 24.1. The van der Waals surface area contributed by atoms with E-state index in [9.17, 15) is 22.4 Å². The number of anilines is 1. The summed E-state index contributed by atoms with van der Waals surface area (Å²) in [6.07, 6.45) is 0.153. The van der Waals surface area contributed by atoms with Crippen molar-refractivity contribution in [3.05, 3.63) is 119 Å². The highest BCUT2D eigenvalue weighted by molar-refractivity contribution is 7.92. The van der Waals surface area contributed by atoms with E-state index in [4.69, 9.17) is 21.1 Å². The van der Waals surface area contributed by atoms with Gasteiger partial charge in [0.2, 0.25) is 11.8 Å². The fraction of sp³-hybridized carbons (Fsp3) is 0.278. The van der Waals surface area contributed by atoms with Gasteiger partial charge in [-0.25, -0.2) is 12.8 Å². The number of benzene rings is 4. The molecule has 1 N–H and O–H groups in total. The lowest BCUT2D eigenvalue weighted by atomic mass is 10.0. The second-order valence-electron chi connectivity index (χ2n) is 12.4. The molecule has 48 heavy (non-hydrogen) atoms. The zero-order chi connectivity index (χ0) is 34.5. The van der Waals surface area contributed by atoms with E-state index in [1.54, 1.807) is 24.3 Å². The number of hydrogen-bond acceptors (Lipinski definition) is 6. The van der Waals surface area contributed by atoms with Gasteiger partial charge in [-0.1, -0.05) is 54.1 Å². The number of rotatable bonds is 11. The van der Waals surface area contributed by atoms with E-state index in [2.05, 4.69) is 5.32 Å². The smallest absolute Gasteiger partial charge is 0.264 e. The van der Waals surface area contributed by atoms with Crippen LogP contribution in [0.25, 0.3) is 0 Å². The summed E-state index contributed by atoms with van der Waals surface area (Å²) in [6.45, 7) is 5.34. The van der Waals surface area contributed by atoms with Crippen LogP contribution in [-0.4, -0.2) is 56.5 Å². The maximum atomic E-state index is 14.6. The third kappa shape index (κ3) is 8.64. The number of carbonyl (C=O) groups is 2. The van der Waals surface area contributed by atoms with E-state index in [0.717, 1.165) is 22.0 Å². The summed E-state index contributed by atoms with van der Waals surface area (Å²) < 4.78 is 54.8. The predicted molar refractivity (Wildman–Crippen MR) is 182 cm³/mol. The number of halogens is 2. The highest BCUT2D eigenvalue weighted by Crippen LogP contribution is 2.34. The van der Waals surface area contributed by atoms with Gasteiger partial charge in [0.1, 0.15) is 31.6 Å². The monoisotopic (exact) mass is 693 g/mol. The van der Waals surface area contributed by atoms with Crippen molar-refractivity contribution >= 4 is 39.1 Å². The SMILES string of the molecule is CC(C)(C)NC(=O)C(Cc1ccccc1)N(Cc1cccc(Cl)c1)C(=O)CN(c1ccc(F)cc1)S(=O)(=O)c1ccc2c(c1)OCCO2. The minimum absolute atomic E-state index is 0.0458. The molecular weight excluding hydrogens is 657 g/mol. The highest BCUT2D eigenvalue weighted by atomic mass is 35.5. The normalized spacial score (nSPS) is 13.4. The van der Waals surface area contributed by atoms with Gasteiger partial charge in [-0.3, -0.25) is 13.9 Å². The van der Waals surface area contributed by atoms with Crippen molar-refractivity contribution in [3.63, 3.8) is 0 Å². The van der Waals surface area contributed by atoms with Crippen molar-refractivity contribution in [2.24, 2.45) is 0 Å². The molecule has 252 valence electrons. The van der Waals surface area contributed by atoms with Gasteiger partial charge >= 0.3 is 0 Å². The van der Waals surface area contributed by atoms with E-state index in [-0.39, 0.29) is 35.9 Å². The molecule has 0 bridgehead atoms. The van der Waals surface area contributed by atoms with Gasteiger partial charge in [0.05, 0.1) is 10.6 Å². The van der Waals surface area contributed by atoms with E-state index in [0.29, 0.717) is 22.9 Å². The average Bonchev–Trinajstić information content (AvgIpc) is 3.05. The number of sulfonamides is 1. The first-order valence-electron chi connectivity index (χ1n) is 15.4. The Labute approximate surface area is 285 Å². The quantitative estimate of drug-likeness (QED) is 0.207. The van der Waals surface area contributed by atoms with Gasteiger partial charge < -0.3 is 19.7 Å². The Balaban J connectivity index is 1.58. The summed E-state index contributed by atoms with van der Waals surface area (Å²) in [4.78, 5) is 29.8. The molecule has 1 heterocycles. The molecule has 5 rings (SSSR count). The van der Waals surface area contributed by atoms with Crippen molar-refractivity contribution in [1.82, 2.24) is 10.2 Å². The first-order chi connectivity index (χ1) is 22.8.